The van der Waals surface area contributed by atoms with Gasteiger partial charge in [0.1, 0.15) is 0 Å². The van der Waals surface area contributed by atoms with Crippen LogP contribution in [0.3, 0.4) is 0 Å². The molecule has 0 spiro atoms. The van der Waals surface area contributed by atoms with Crippen molar-refractivity contribution in [1.82, 2.24) is 0 Å². The van der Waals surface area contributed by atoms with Crippen LogP contribution >= 0.6 is 11.3 Å². The van der Waals surface area contributed by atoms with E-state index in [2.05, 4.69) is 79.1 Å². The highest BCUT2D eigenvalue weighted by molar-refractivity contribution is 7.10. The van der Waals surface area contributed by atoms with E-state index in [4.69, 9.17) is 0 Å². The molecule has 3 aromatic rings. The predicted molar refractivity (Wildman–Crippen MR) is 89.5 cm³/mol. The zero-order valence-corrected chi connectivity index (χ0v) is 12.7. The number of rotatable bonds is 4. The predicted octanol–water partition coefficient (Wildman–Crippen LogP) is 5.71. The first kappa shape index (κ1) is 13.2. The van der Waals surface area contributed by atoms with Crippen molar-refractivity contribution in [3.8, 4) is 0 Å². The van der Waals surface area contributed by atoms with Crippen LogP contribution in [0.15, 0.2) is 60.0 Å². The molecule has 2 aromatic carbocycles. The van der Waals surface area contributed by atoms with E-state index in [1.165, 1.54) is 21.3 Å². The molecule has 102 valence electrons. The van der Waals surface area contributed by atoms with Gasteiger partial charge in [-0.1, -0.05) is 56.3 Å². The number of nitrogens with one attached hydrogen (secondary N) is 1. The Morgan fingerprint density at radius 3 is 2.45 bits per heavy atom. The van der Waals surface area contributed by atoms with Crippen LogP contribution in [0.5, 0.6) is 0 Å². The summed E-state index contributed by atoms with van der Waals surface area (Å²) < 4.78 is 0. The van der Waals surface area contributed by atoms with Crippen LogP contribution in [0.4, 0.5) is 5.69 Å². The molecule has 1 unspecified atom stereocenters. The Morgan fingerprint density at radius 1 is 0.900 bits per heavy atom. The lowest BCUT2D eigenvalue weighted by Crippen LogP contribution is -2.15. The van der Waals surface area contributed by atoms with Gasteiger partial charge in [-0.15, -0.1) is 11.3 Å². The lowest BCUT2D eigenvalue weighted by atomic mass is 10.0. The van der Waals surface area contributed by atoms with E-state index in [-0.39, 0.29) is 0 Å². The molecule has 0 aliphatic rings. The lowest BCUT2D eigenvalue weighted by molar-refractivity contribution is 0.554. The highest BCUT2D eigenvalue weighted by Gasteiger charge is 2.17. The van der Waals surface area contributed by atoms with E-state index < -0.39 is 0 Å². The Kier molecular flexibility index (Phi) is 3.75. The maximum atomic E-state index is 3.73. The monoisotopic (exact) mass is 281 g/mol. The van der Waals surface area contributed by atoms with Gasteiger partial charge in [-0.25, -0.2) is 0 Å². The van der Waals surface area contributed by atoms with E-state index in [1.807, 2.05) is 11.3 Å². The van der Waals surface area contributed by atoms with Gasteiger partial charge in [0.15, 0.2) is 0 Å². The summed E-state index contributed by atoms with van der Waals surface area (Å²) in [5.41, 5.74) is 1.22. The fraction of sp³-hybridized carbons (Fsp3) is 0.222. The van der Waals surface area contributed by atoms with Crippen LogP contribution in [0.25, 0.3) is 10.8 Å². The van der Waals surface area contributed by atoms with Crippen LogP contribution in [0.2, 0.25) is 0 Å². The van der Waals surface area contributed by atoms with Crippen molar-refractivity contribution < 1.29 is 0 Å². The fourth-order valence-electron chi connectivity index (χ4n) is 2.55. The molecule has 0 amide bonds. The highest BCUT2D eigenvalue weighted by atomic mass is 32.1. The van der Waals surface area contributed by atoms with Gasteiger partial charge < -0.3 is 5.32 Å². The van der Waals surface area contributed by atoms with Gasteiger partial charge in [0, 0.05) is 16.0 Å². The molecular weight excluding hydrogens is 262 g/mol. The topological polar surface area (TPSA) is 12.0 Å². The number of thiophene rings is 1. The lowest BCUT2D eigenvalue weighted by Gasteiger charge is -2.23. The molecule has 20 heavy (non-hydrogen) atoms. The van der Waals surface area contributed by atoms with E-state index in [1.54, 1.807) is 0 Å². The maximum absolute atomic E-state index is 3.73. The summed E-state index contributed by atoms with van der Waals surface area (Å²) >= 11 is 1.82. The minimum atomic E-state index is 0.362. The number of hydrogen-bond donors (Lipinski definition) is 1. The minimum Gasteiger partial charge on any atom is -0.377 e. The summed E-state index contributed by atoms with van der Waals surface area (Å²) in [5.74, 6) is 0.549. The molecule has 0 aliphatic heterocycles. The molecule has 0 saturated carbocycles. The summed E-state index contributed by atoms with van der Waals surface area (Å²) in [6.07, 6.45) is 0. The normalized spacial score (nSPS) is 12.8. The zero-order valence-electron chi connectivity index (χ0n) is 11.8. The molecule has 0 aliphatic carbocycles. The standard InChI is InChI=1S/C18H19NS/c1-13(2)18(17-11-6-12-20-17)19-16-10-5-8-14-7-3-4-9-15(14)16/h3-13,18-19H,1-2H3. The Hall–Kier alpha value is -1.80. The Morgan fingerprint density at radius 2 is 1.70 bits per heavy atom. The molecule has 1 atom stereocenters. The third-order valence-corrected chi connectivity index (χ3v) is 4.57. The summed E-state index contributed by atoms with van der Waals surface area (Å²) in [6.45, 7) is 4.53. The van der Waals surface area contributed by atoms with Crippen molar-refractivity contribution in [2.45, 2.75) is 19.9 Å². The van der Waals surface area contributed by atoms with Crippen LogP contribution in [0.1, 0.15) is 24.8 Å². The smallest absolute Gasteiger partial charge is 0.0629 e. The molecule has 0 saturated heterocycles. The van der Waals surface area contributed by atoms with Crippen molar-refractivity contribution in [2.24, 2.45) is 5.92 Å². The van der Waals surface area contributed by atoms with Crippen LogP contribution in [-0.2, 0) is 0 Å². The molecule has 1 heterocycles. The number of benzene rings is 2. The summed E-state index contributed by atoms with van der Waals surface area (Å²) in [5, 5.41) is 8.46. The third-order valence-electron chi connectivity index (χ3n) is 3.62. The average molecular weight is 281 g/mol. The molecule has 0 bridgehead atoms. The van der Waals surface area contributed by atoms with Crippen molar-refractivity contribution in [3.63, 3.8) is 0 Å². The second-order valence-electron chi connectivity index (χ2n) is 5.41. The molecule has 0 radical (unpaired) electrons. The van der Waals surface area contributed by atoms with Crippen LogP contribution < -0.4 is 5.32 Å². The van der Waals surface area contributed by atoms with Crippen LogP contribution in [0, 0.1) is 5.92 Å². The number of fused-ring (bicyclic) bond motifs is 1. The van der Waals surface area contributed by atoms with Crippen molar-refractivity contribution in [1.29, 1.82) is 0 Å². The first-order valence-electron chi connectivity index (χ1n) is 7.03. The van der Waals surface area contributed by atoms with Gasteiger partial charge in [-0.05, 0) is 28.8 Å². The van der Waals surface area contributed by atoms with Crippen LogP contribution in [-0.4, -0.2) is 0 Å². The first-order valence-corrected chi connectivity index (χ1v) is 7.91. The first-order chi connectivity index (χ1) is 9.75. The second-order valence-corrected chi connectivity index (χ2v) is 6.39. The fourth-order valence-corrected chi connectivity index (χ4v) is 3.50. The van der Waals surface area contributed by atoms with Gasteiger partial charge in [-0.3, -0.25) is 0 Å². The third kappa shape index (κ3) is 2.56. The second kappa shape index (κ2) is 5.68. The van der Waals surface area contributed by atoms with Gasteiger partial charge >= 0.3 is 0 Å². The van der Waals surface area contributed by atoms with Gasteiger partial charge in [-0.2, -0.15) is 0 Å². The van der Waals surface area contributed by atoms with Crippen molar-refractivity contribution in [3.05, 3.63) is 64.9 Å². The van der Waals surface area contributed by atoms with E-state index in [0.717, 1.165) is 0 Å². The quantitative estimate of drug-likeness (QED) is 0.645. The summed E-state index contributed by atoms with van der Waals surface area (Å²) in [6, 6.07) is 19.7. The van der Waals surface area contributed by atoms with E-state index in [9.17, 15) is 0 Å². The summed E-state index contributed by atoms with van der Waals surface area (Å²) in [7, 11) is 0. The molecule has 3 rings (SSSR count). The molecule has 2 heteroatoms. The van der Waals surface area contributed by atoms with Crippen molar-refractivity contribution in [2.75, 3.05) is 5.32 Å². The largest absolute Gasteiger partial charge is 0.377 e. The van der Waals surface area contributed by atoms with E-state index >= 15 is 0 Å². The minimum absolute atomic E-state index is 0.362. The highest BCUT2D eigenvalue weighted by Crippen LogP contribution is 2.32. The van der Waals surface area contributed by atoms with Gasteiger partial charge in [0.25, 0.3) is 0 Å². The van der Waals surface area contributed by atoms with E-state index in [0.29, 0.717) is 12.0 Å². The molecule has 1 N–H and O–H groups in total. The van der Waals surface area contributed by atoms with Crippen molar-refractivity contribution >= 4 is 27.8 Å². The number of hydrogen-bond acceptors (Lipinski definition) is 2. The number of anilines is 1. The molecule has 1 nitrogen and oxygen atoms in total. The average Bonchev–Trinajstić information content (AvgIpc) is 2.98. The molecule has 0 fully saturated rings. The van der Waals surface area contributed by atoms with Gasteiger partial charge in [0.2, 0.25) is 0 Å². The summed E-state index contributed by atoms with van der Waals surface area (Å²) in [4.78, 5) is 1.40. The zero-order chi connectivity index (χ0) is 13.9. The Labute approximate surface area is 124 Å². The molecule has 1 aromatic heterocycles. The molecular formula is C18H19NS. The Bertz CT molecular complexity index is 680. The Balaban J connectivity index is 1.99. The van der Waals surface area contributed by atoms with Gasteiger partial charge in [0.05, 0.1) is 6.04 Å². The SMILES string of the molecule is CC(C)C(Nc1cccc2ccccc12)c1cccs1. The maximum Gasteiger partial charge on any atom is 0.0629 e.